The van der Waals surface area contributed by atoms with Crippen molar-refractivity contribution in [3.63, 3.8) is 0 Å². The van der Waals surface area contributed by atoms with Gasteiger partial charge in [0.05, 0.1) is 0 Å². The number of alkyl halides is 1. The Morgan fingerprint density at radius 3 is 2.50 bits per heavy atom. The molecule has 2 rings (SSSR count). The first-order valence-corrected chi connectivity index (χ1v) is 5.68. The van der Waals surface area contributed by atoms with Crippen LogP contribution in [-0.4, -0.2) is 0 Å². The van der Waals surface area contributed by atoms with Crippen LogP contribution < -0.4 is 0 Å². The molecule has 0 spiro atoms. The van der Waals surface area contributed by atoms with Crippen LogP contribution in [0.5, 0.6) is 0 Å². The molecule has 0 radical (unpaired) electrons. The second kappa shape index (κ2) is 3.97. The Morgan fingerprint density at radius 1 is 1.07 bits per heavy atom. The van der Waals surface area contributed by atoms with Gasteiger partial charge < -0.3 is 0 Å². The Morgan fingerprint density at radius 2 is 1.79 bits per heavy atom. The fourth-order valence-electron chi connectivity index (χ4n) is 1.69. The Hall–Kier alpha value is -1.08. The number of benzene rings is 2. The van der Waals surface area contributed by atoms with E-state index in [-0.39, 0.29) is 0 Å². The molecule has 0 amide bonds. The van der Waals surface area contributed by atoms with Crippen molar-refractivity contribution in [3.8, 4) is 0 Å². The molecule has 0 aromatic heterocycles. The van der Waals surface area contributed by atoms with Gasteiger partial charge >= 0.3 is 0 Å². The summed E-state index contributed by atoms with van der Waals surface area (Å²) >= 11 is 3.50. The molecule has 2 aromatic carbocycles. The first kappa shape index (κ1) is 9.47. The van der Waals surface area contributed by atoms with Crippen LogP contribution in [0.15, 0.2) is 43.0 Å². The van der Waals surface area contributed by atoms with E-state index < -0.39 is 0 Å². The summed E-state index contributed by atoms with van der Waals surface area (Å²) in [4.78, 5) is 0. The molecule has 0 N–H and O–H groups in total. The zero-order chi connectivity index (χ0) is 9.97. The van der Waals surface area contributed by atoms with E-state index in [1.807, 2.05) is 6.08 Å². The number of hydrogen-bond donors (Lipinski definition) is 0. The van der Waals surface area contributed by atoms with E-state index in [4.69, 9.17) is 0 Å². The van der Waals surface area contributed by atoms with Crippen molar-refractivity contribution in [2.45, 2.75) is 5.33 Å². The van der Waals surface area contributed by atoms with Crippen LogP contribution in [0.3, 0.4) is 0 Å². The summed E-state index contributed by atoms with van der Waals surface area (Å²) in [7, 11) is 0. The zero-order valence-corrected chi connectivity index (χ0v) is 9.42. The van der Waals surface area contributed by atoms with E-state index in [1.54, 1.807) is 0 Å². The Kier molecular flexibility index (Phi) is 2.69. The third-order valence-corrected chi connectivity index (χ3v) is 3.01. The highest BCUT2D eigenvalue weighted by Gasteiger charge is 2.00. The third kappa shape index (κ3) is 1.48. The highest BCUT2D eigenvalue weighted by atomic mass is 79.9. The molecule has 0 aliphatic rings. The molecule has 14 heavy (non-hydrogen) atoms. The standard InChI is InChI=1S/C13H11Br/c1-2-10-5-3-8-13-11(9-14)6-4-7-12(10)13/h2-8H,1,9H2. The van der Waals surface area contributed by atoms with Crippen molar-refractivity contribution in [1.29, 1.82) is 0 Å². The van der Waals surface area contributed by atoms with Crippen LogP contribution in [-0.2, 0) is 5.33 Å². The van der Waals surface area contributed by atoms with Gasteiger partial charge in [-0.2, -0.15) is 0 Å². The van der Waals surface area contributed by atoms with Gasteiger partial charge in [-0.05, 0) is 21.9 Å². The maximum atomic E-state index is 3.82. The molecular formula is C13H11Br. The lowest BCUT2D eigenvalue weighted by atomic mass is 10.0. The first-order chi connectivity index (χ1) is 6.86. The van der Waals surface area contributed by atoms with E-state index in [1.165, 1.54) is 21.9 Å². The summed E-state index contributed by atoms with van der Waals surface area (Å²) in [5, 5.41) is 3.48. The second-order valence-electron chi connectivity index (χ2n) is 3.20. The summed E-state index contributed by atoms with van der Waals surface area (Å²) in [6.45, 7) is 3.82. The SMILES string of the molecule is C=Cc1cccc2c(CBr)cccc12. The van der Waals surface area contributed by atoms with Gasteiger partial charge in [0.25, 0.3) is 0 Å². The minimum atomic E-state index is 0.894. The summed E-state index contributed by atoms with van der Waals surface area (Å²) in [5.74, 6) is 0. The van der Waals surface area contributed by atoms with E-state index >= 15 is 0 Å². The maximum Gasteiger partial charge on any atom is 0.0289 e. The molecule has 0 fully saturated rings. The van der Waals surface area contributed by atoms with E-state index in [0.29, 0.717) is 0 Å². The van der Waals surface area contributed by atoms with Gasteiger partial charge in [0.2, 0.25) is 0 Å². The number of fused-ring (bicyclic) bond motifs is 1. The minimum absolute atomic E-state index is 0.894. The van der Waals surface area contributed by atoms with Crippen LogP contribution >= 0.6 is 15.9 Å². The molecule has 70 valence electrons. The second-order valence-corrected chi connectivity index (χ2v) is 3.76. The van der Waals surface area contributed by atoms with E-state index in [2.05, 4.69) is 58.9 Å². The van der Waals surface area contributed by atoms with Gasteiger partial charge in [0.15, 0.2) is 0 Å². The molecule has 0 aliphatic carbocycles. The van der Waals surface area contributed by atoms with Crippen molar-refractivity contribution in [2.24, 2.45) is 0 Å². The highest BCUT2D eigenvalue weighted by molar-refractivity contribution is 9.08. The molecule has 2 aromatic rings. The van der Waals surface area contributed by atoms with Crippen LogP contribution in [0.4, 0.5) is 0 Å². The van der Waals surface area contributed by atoms with Gasteiger partial charge in [-0.25, -0.2) is 0 Å². The lowest BCUT2D eigenvalue weighted by Gasteiger charge is -2.05. The molecule has 0 saturated carbocycles. The lowest BCUT2D eigenvalue weighted by Crippen LogP contribution is -1.83. The molecule has 0 nitrogen and oxygen atoms in total. The molecule has 0 atom stereocenters. The Balaban J connectivity index is 2.84. The van der Waals surface area contributed by atoms with Crippen LogP contribution in [0, 0.1) is 0 Å². The van der Waals surface area contributed by atoms with Gasteiger partial charge in [0, 0.05) is 5.33 Å². The van der Waals surface area contributed by atoms with Gasteiger partial charge in [-0.15, -0.1) is 0 Å². The predicted octanol–water partition coefficient (Wildman–Crippen LogP) is 4.38. The van der Waals surface area contributed by atoms with Crippen LogP contribution in [0.25, 0.3) is 16.8 Å². The lowest BCUT2D eigenvalue weighted by molar-refractivity contribution is 1.49. The van der Waals surface area contributed by atoms with Crippen molar-refractivity contribution in [3.05, 3.63) is 54.1 Å². The highest BCUT2D eigenvalue weighted by Crippen LogP contribution is 2.24. The summed E-state index contributed by atoms with van der Waals surface area (Å²) in [5.41, 5.74) is 2.52. The third-order valence-electron chi connectivity index (χ3n) is 2.41. The molecule has 0 bridgehead atoms. The molecule has 0 heterocycles. The molecular weight excluding hydrogens is 236 g/mol. The number of halogens is 1. The maximum absolute atomic E-state index is 3.82. The fraction of sp³-hybridized carbons (Fsp3) is 0.0769. The predicted molar refractivity (Wildman–Crippen MR) is 66.7 cm³/mol. The minimum Gasteiger partial charge on any atom is -0.0984 e. The van der Waals surface area contributed by atoms with Gasteiger partial charge in [-0.3, -0.25) is 0 Å². The van der Waals surface area contributed by atoms with Crippen molar-refractivity contribution in [1.82, 2.24) is 0 Å². The van der Waals surface area contributed by atoms with Crippen molar-refractivity contribution in [2.75, 3.05) is 0 Å². The summed E-state index contributed by atoms with van der Waals surface area (Å²) in [6.07, 6.45) is 1.90. The smallest absolute Gasteiger partial charge is 0.0289 e. The van der Waals surface area contributed by atoms with Gasteiger partial charge in [0.1, 0.15) is 0 Å². The first-order valence-electron chi connectivity index (χ1n) is 4.56. The normalized spacial score (nSPS) is 10.4. The molecule has 1 heteroatoms. The largest absolute Gasteiger partial charge is 0.0984 e. The van der Waals surface area contributed by atoms with E-state index in [9.17, 15) is 0 Å². The molecule has 0 saturated heterocycles. The zero-order valence-electron chi connectivity index (χ0n) is 7.83. The monoisotopic (exact) mass is 246 g/mol. The average molecular weight is 247 g/mol. The van der Waals surface area contributed by atoms with E-state index in [0.717, 1.165) is 5.33 Å². The van der Waals surface area contributed by atoms with Gasteiger partial charge in [-0.1, -0.05) is 65.0 Å². The summed E-state index contributed by atoms with van der Waals surface area (Å²) < 4.78 is 0. The summed E-state index contributed by atoms with van der Waals surface area (Å²) in [6, 6.07) is 12.7. The fourth-order valence-corrected chi connectivity index (χ4v) is 2.18. The van der Waals surface area contributed by atoms with Crippen molar-refractivity contribution >= 4 is 32.8 Å². The van der Waals surface area contributed by atoms with Crippen LogP contribution in [0.2, 0.25) is 0 Å². The number of hydrogen-bond acceptors (Lipinski definition) is 0. The van der Waals surface area contributed by atoms with Crippen molar-refractivity contribution < 1.29 is 0 Å². The Labute approximate surface area is 92.4 Å². The molecule has 0 unspecified atom stereocenters. The quantitative estimate of drug-likeness (QED) is 0.691. The topological polar surface area (TPSA) is 0 Å². The average Bonchev–Trinajstić information content (AvgIpc) is 2.27. The number of rotatable bonds is 2. The Bertz CT molecular complexity index is 472. The van der Waals surface area contributed by atoms with Crippen LogP contribution in [0.1, 0.15) is 11.1 Å². The molecule has 0 aliphatic heterocycles.